The van der Waals surface area contributed by atoms with Gasteiger partial charge in [-0.05, 0) is 52.9 Å². The molecule has 1 N–H and O–H groups in total. The van der Waals surface area contributed by atoms with E-state index in [1.807, 2.05) is 12.2 Å². The Hall–Kier alpha value is -0.820. The van der Waals surface area contributed by atoms with E-state index in [1.165, 1.54) is 43.3 Å². The van der Waals surface area contributed by atoms with E-state index >= 15 is 0 Å². The van der Waals surface area contributed by atoms with Crippen LogP contribution in [-0.4, -0.2) is 11.2 Å². The van der Waals surface area contributed by atoms with Crippen LogP contribution in [0.2, 0.25) is 0 Å². The Morgan fingerprint density at radius 3 is 2.19 bits per heavy atom. The molecule has 1 atom stereocenters. The smallest absolute Gasteiger partial charge is 0.0723 e. The molecule has 0 aromatic carbocycles. The fourth-order valence-electron chi connectivity index (χ4n) is 2.43. The van der Waals surface area contributed by atoms with Crippen molar-refractivity contribution in [2.24, 2.45) is 0 Å². The van der Waals surface area contributed by atoms with Gasteiger partial charge in [-0.2, -0.15) is 0 Å². The van der Waals surface area contributed by atoms with Crippen molar-refractivity contribution in [2.75, 3.05) is 0 Å². The van der Waals surface area contributed by atoms with Gasteiger partial charge in [0.25, 0.3) is 0 Å². The van der Waals surface area contributed by atoms with Gasteiger partial charge in [-0.1, -0.05) is 61.5 Å². The average Bonchev–Trinajstić information content (AvgIpc) is 2.41. The second-order valence-corrected chi connectivity index (χ2v) is 6.39. The Kier molecular flexibility index (Phi) is 13.6. The standard InChI is InChI=1S/C20H36O/c1-5-6-7-8-9-10-11-12-16-20(21)17-19(4)15-13-14-18(2)3/h5,14,17,20-21H,1,6-13,15-16H2,2-4H3/b19-17+/t20-/m1/s1. The third kappa shape index (κ3) is 15.4. The first-order chi connectivity index (χ1) is 10.1. The number of rotatable bonds is 13. The maximum Gasteiger partial charge on any atom is 0.0723 e. The molecule has 0 saturated carbocycles. The second kappa shape index (κ2) is 14.1. The zero-order valence-electron chi connectivity index (χ0n) is 14.5. The SMILES string of the molecule is C=CCCCCCCCC[C@@H](O)/C=C(\C)CCC=C(C)C. The molecule has 0 aliphatic heterocycles. The fraction of sp³-hybridized carbons (Fsp3) is 0.700. The summed E-state index contributed by atoms with van der Waals surface area (Å²) in [6, 6.07) is 0. The van der Waals surface area contributed by atoms with Crippen molar-refractivity contribution in [1.82, 2.24) is 0 Å². The molecule has 0 bridgehead atoms. The molecule has 1 heteroatoms. The van der Waals surface area contributed by atoms with Gasteiger partial charge in [-0.25, -0.2) is 0 Å². The fourth-order valence-corrected chi connectivity index (χ4v) is 2.43. The molecular weight excluding hydrogens is 256 g/mol. The third-order valence-electron chi connectivity index (χ3n) is 3.73. The molecule has 1 nitrogen and oxygen atoms in total. The molecule has 21 heavy (non-hydrogen) atoms. The van der Waals surface area contributed by atoms with E-state index in [1.54, 1.807) is 0 Å². The maximum absolute atomic E-state index is 10.00. The lowest BCUT2D eigenvalue weighted by Crippen LogP contribution is -2.03. The van der Waals surface area contributed by atoms with E-state index in [-0.39, 0.29) is 6.10 Å². The van der Waals surface area contributed by atoms with Crippen LogP contribution in [0.3, 0.4) is 0 Å². The van der Waals surface area contributed by atoms with E-state index in [4.69, 9.17) is 0 Å². The van der Waals surface area contributed by atoms with Crippen molar-refractivity contribution < 1.29 is 5.11 Å². The van der Waals surface area contributed by atoms with Gasteiger partial charge in [-0.3, -0.25) is 0 Å². The molecule has 0 heterocycles. The summed E-state index contributed by atoms with van der Waals surface area (Å²) in [7, 11) is 0. The molecule has 0 rings (SSSR count). The molecule has 0 aliphatic rings. The lowest BCUT2D eigenvalue weighted by Gasteiger charge is -2.08. The summed E-state index contributed by atoms with van der Waals surface area (Å²) in [4.78, 5) is 0. The van der Waals surface area contributed by atoms with E-state index < -0.39 is 0 Å². The number of aliphatic hydroxyl groups excluding tert-OH is 1. The van der Waals surface area contributed by atoms with Crippen molar-refractivity contribution in [3.63, 3.8) is 0 Å². The van der Waals surface area contributed by atoms with E-state index in [0.717, 1.165) is 32.1 Å². The van der Waals surface area contributed by atoms with E-state index in [9.17, 15) is 5.11 Å². The highest BCUT2D eigenvalue weighted by molar-refractivity contribution is 5.04. The zero-order chi connectivity index (χ0) is 15.9. The monoisotopic (exact) mass is 292 g/mol. The van der Waals surface area contributed by atoms with Crippen LogP contribution in [0.25, 0.3) is 0 Å². The highest BCUT2D eigenvalue weighted by atomic mass is 16.3. The lowest BCUT2D eigenvalue weighted by atomic mass is 10.0. The number of allylic oxidation sites excluding steroid dienone is 4. The lowest BCUT2D eigenvalue weighted by molar-refractivity contribution is 0.207. The summed E-state index contributed by atoms with van der Waals surface area (Å²) in [6.45, 7) is 10.1. The Morgan fingerprint density at radius 1 is 0.952 bits per heavy atom. The summed E-state index contributed by atoms with van der Waals surface area (Å²) in [5.74, 6) is 0. The van der Waals surface area contributed by atoms with Crippen LogP contribution >= 0.6 is 0 Å². The maximum atomic E-state index is 10.00. The molecule has 122 valence electrons. The van der Waals surface area contributed by atoms with Gasteiger partial charge in [0.15, 0.2) is 0 Å². The Bertz CT molecular complexity index is 308. The normalized spacial score (nSPS) is 13.0. The second-order valence-electron chi connectivity index (χ2n) is 6.39. The van der Waals surface area contributed by atoms with Crippen LogP contribution in [0, 0.1) is 0 Å². The minimum atomic E-state index is -0.252. The van der Waals surface area contributed by atoms with Gasteiger partial charge in [0.2, 0.25) is 0 Å². The summed E-state index contributed by atoms with van der Waals surface area (Å²) < 4.78 is 0. The molecule has 0 amide bonds. The van der Waals surface area contributed by atoms with Gasteiger partial charge in [0.05, 0.1) is 6.10 Å². The molecule has 0 aromatic heterocycles. The molecule has 0 fully saturated rings. The summed E-state index contributed by atoms with van der Waals surface area (Å²) in [5.41, 5.74) is 2.68. The molecule has 0 radical (unpaired) electrons. The third-order valence-corrected chi connectivity index (χ3v) is 3.73. The average molecular weight is 293 g/mol. The molecule has 0 aliphatic carbocycles. The van der Waals surface area contributed by atoms with Crippen molar-refractivity contribution >= 4 is 0 Å². The molecular formula is C20H36O. The van der Waals surface area contributed by atoms with Gasteiger partial charge in [0.1, 0.15) is 0 Å². The predicted molar refractivity (Wildman–Crippen MR) is 95.6 cm³/mol. The van der Waals surface area contributed by atoms with Crippen LogP contribution in [-0.2, 0) is 0 Å². The topological polar surface area (TPSA) is 20.2 Å². The number of unbranched alkanes of at least 4 members (excludes halogenated alkanes) is 6. The van der Waals surface area contributed by atoms with Crippen LogP contribution in [0.4, 0.5) is 0 Å². The first kappa shape index (κ1) is 20.2. The quantitative estimate of drug-likeness (QED) is 0.310. The van der Waals surface area contributed by atoms with Crippen LogP contribution in [0.1, 0.15) is 85.0 Å². The minimum absolute atomic E-state index is 0.252. The van der Waals surface area contributed by atoms with E-state index in [0.29, 0.717) is 0 Å². The van der Waals surface area contributed by atoms with Crippen molar-refractivity contribution in [3.05, 3.63) is 36.0 Å². The highest BCUT2D eigenvalue weighted by Crippen LogP contribution is 2.13. The van der Waals surface area contributed by atoms with Crippen molar-refractivity contribution in [3.8, 4) is 0 Å². The van der Waals surface area contributed by atoms with Crippen molar-refractivity contribution in [2.45, 2.75) is 91.1 Å². The van der Waals surface area contributed by atoms with Gasteiger partial charge in [0, 0.05) is 0 Å². The largest absolute Gasteiger partial charge is 0.389 e. The summed E-state index contributed by atoms with van der Waals surface area (Å²) >= 11 is 0. The molecule has 0 aromatic rings. The Morgan fingerprint density at radius 2 is 1.57 bits per heavy atom. The van der Waals surface area contributed by atoms with Crippen molar-refractivity contribution in [1.29, 1.82) is 0 Å². The number of hydrogen-bond acceptors (Lipinski definition) is 1. The van der Waals surface area contributed by atoms with Crippen LogP contribution in [0.5, 0.6) is 0 Å². The first-order valence-corrected chi connectivity index (χ1v) is 8.66. The number of hydrogen-bond donors (Lipinski definition) is 1. The van der Waals surface area contributed by atoms with E-state index in [2.05, 4.69) is 33.4 Å². The summed E-state index contributed by atoms with van der Waals surface area (Å²) in [5, 5.41) is 10.00. The van der Waals surface area contributed by atoms with Gasteiger partial charge < -0.3 is 5.11 Å². The summed E-state index contributed by atoms with van der Waals surface area (Å²) in [6.07, 6.45) is 17.9. The number of aliphatic hydroxyl groups is 1. The van der Waals surface area contributed by atoms with Gasteiger partial charge >= 0.3 is 0 Å². The Labute approximate surface area is 132 Å². The highest BCUT2D eigenvalue weighted by Gasteiger charge is 2.01. The first-order valence-electron chi connectivity index (χ1n) is 8.66. The van der Waals surface area contributed by atoms with Crippen LogP contribution in [0.15, 0.2) is 36.0 Å². The predicted octanol–water partition coefficient (Wildman–Crippen LogP) is 6.35. The minimum Gasteiger partial charge on any atom is -0.389 e. The molecule has 0 saturated heterocycles. The Balaban J connectivity index is 3.57. The molecule has 0 spiro atoms. The zero-order valence-corrected chi connectivity index (χ0v) is 14.5. The van der Waals surface area contributed by atoms with Gasteiger partial charge in [-0.15, -0.1) is 6.58 Å². The van der Waals surface area contributed by atoms with Crippen LogP contribution < -0.4 is 0 Å². The molecule has 0 unspecified atom stereocenters.